The van der Waals surface area contributed by atoms with Gasteiger partial charge in [0.05, 0.1) is 13.7 Å². The molecule has 0 amide bonds. The van der Waals surface area contributed by atoms with Crippen molar-refractivity contribution in [2.24, 2.45) is 0 Å². The molecule has 0 aliphatic carbocycles. The minimum absolute atomic E-state index is 0.369. The van der Waals surface area contributed by atoms with Crippen LogP contribution in [0.1, 0.15) is 11.1 Å². The number of benzene rings is 4. The molecule has 0 bridgehead atoms. The van der Waals surface area contributed by atoms with Gasteiger partial charge in [0.25, 0.3) is 0 Å². The number of nitriles is 1. The summed E-state index contributed by atoms with van der Waals surface area (Å²) in [6.07, 6.45) is 2.98. The monoisotopic (exact) mass is 609 g/mol. The first-order valence-electron chi connectivity index (χ1n) is 14.2. The van der Waals surface area contributed by atoms with Gasteiger partial charge in [0.1, 0.15) is 45.8 Å². The molecule has 46 heavy (non-hydrogen) atoms. The first-order chi connectivity index (χ1) is 22.5. The zero-order valence-electron chi connectivity index (χ0n) is 24.6. The summed E-state index contributed by atoms with van der Waals surface area (Å²) >= 11 is 0. The van der Waals surface area contributed by atoms with Crippen LogP contribution in [0, 0.1) is 11.3 Å². The van der Waals surface area contributed by atoms with E-state index in [1.54, 1.807) is 48.3 Å². The predicted octanol–water partition coefficient (Wildman–Crippen LogP) is 7.81. The molecule has 0 unspecified atom stereocenters. The number of anilines is 2. The van der Waals surface area contributed by atoms with Crippen LogP contribution < -0.4 is 19.5 Å². The Morgan fingerprint density at radius 3 is 2.28 bits per heavy atom. The molecule has 0 saturated carbocycles. The maximum atomic E-state index is 11.4. The van der Waals surface area contributed by atoms with Crippen molar-refractivity contribution in [3.05, 3.63) is 132 Å². The lowest BCUT2D eigenvalue weighted by Crippen LogP contribution is -2.03. The number of aliphatic carboxylic acids is 1. The molecular weight excluding hydrogens is 582 g/mol. The van der Waals surface area contributed by atoms with E-state index in [1.165, 1.54) is 6.08 Å². The van der Waals surface area contributed by atoms with Crippen molar-refractivity contribution >= 4 is 34.6 Å². The number of rotatable bonds is 11. The average molecular weight is 610 g/mol. The number of nitrogens with zero attached hydrogens (tertiary/aromatic N) is 4. The van der Waals surface area contributed by atoms with E-state index in [2.05, 4.69) is 10.3 Å². The summed E-state index contributed by atoms with van der Waals surface area (Å²) in [6, 6.07) is 35.0. The second kappa shape index (κ2) is 13.4. The largest absolute Gasteiger partial charge is 0.497 e. The maximum absolute atomic E-state index is 11.4. The molecule has 0 radical (unpaired) electrons. The summed E-state index contributed by atoms with van der Waals surface area (Å²) in [6.45, 7) is 0.428. The van der Waals surface area contributed by atoms with Crippen molar-refractivity contribution in [3.8, 4) is 34.8 Å². The normalized spacial score (nSPS) is 11.1. The third-order valence-corrected chi connectivity index (χ3v) is 6.93. The van der Waals surface area contributed by atoms with E-state index >= 15 is 0 Å². The molecule has 0 fully saturated rings. The highest BCUT2D eigenvalue weighted by Crippen LogP contribution is 2.36. The third-order valence-electron chi connectivity index (χ3n) is 6.93. The maximum Gasteiger partial charge on any atom is 0.346 e. The van der Waals surface area contributed by atoms with Crippen LogP contribution in [0.4, 0.5) is 11.5 Å². The molecule has 2 heterocycles. The van der Waals surface area contributed by atoms with E-state index in [9.17, 15) is 15.2 Å². The van der Waals surface area contributed by atoms with Crippen LogP contribution in [0.5, 0.6) is 28.7 Å². The van der Waals surface area contributed by atoms with E-state index in [0.29, 0.717) is 51.9 Å². The summed E-state index contributed by atoms with van der Waals surface area (Å²) in [4.78, 5) is 16.0. The number of para-hydroxylation sites is 1. The van der Waals surface area contributed by atoms with Gasteiger partial charge in [-0.25, -0.2) is 14.5 Å². The highest BCUT2D eigenvalue weighted by Gasteiger charge is 2.18. The van der Waals surface area contributed by atoms with Crippen molar-refractivity contribution < 1.29 is 24.1 Å². The Labute approximate surface area is 264 Å². The number of hydrogen-bond acceptors (Lipinski definition) is 8. The molecule has 2 N–H and O–H groups in total. The molecule has 6 rings (SSSR count). The van der Waals surface area contributed by atoms with Crippen molar-refractivity contribution in [2.75, 3.05) is 12.4 Å². The van der Waals surface area contributed by atoms with Gasteiger partial charge in [-0.2, -0.15) is 10.4 Å². The Kier molecular flexibility index (Phi) is 8.56. The summed E-state index contributed by atoms with van der Waals surface area (Å²) < 4.78 is 19.4. The number of nitrogens with one attached hydrogen (secondary N) is 1. The lowest BCUT2D eigenvalue weighted by Gasteiger charge is -2.10. The molecule has 226 valence electrons. The van der Waals surface area contributed by atoms with Crippen LogP contribution in [0.25, 0.3) is 17.1 Å². The number of carboxylic acids is 1. The Morgan fingerprint density at radius 2 is 1.59 bits per heavy atom. The van der Waals surface area contributed by atoms with Gasteiger partial charge in [-0.3, -0.25) is 0 Å². The fourth-order valence-electron chi connectivity index (χ4n) is 4.74. The Balaban J connectivity index is 1.35. The summed E-state index contributed by atoms with van der Waals surface area (Å²) in [5, 5.41) is 27.4. The Morgan fingerprint density at radius 1 is 0.891 bits per heavy atom. The smallest absolute Gasteiger partial charge is 0.346 e. The van der Waals surface area contributed by atoms with Crippen molar-refractivity contribution in [3.63, 3.8) is 0 Å². The number of fused-ring (bicyclic) bond motifs is 1. The lowest BCUT2D eigenvalue weighted by molar-refractivity contribution is -0.132. The van der Waals surface area contributed by atoms with Crippen LogP contribution >= 0.6 is 0 Å². The summed E-state index contributed by atoms with van der Waals surface area (Å²) in [5.74, 6) is 2.46. The molecule has 6 aromatic rings. The van der Waals surface area contributed by atoms with E-state index in [-0.39, 0.29) is 5.57 Å². The van der Waals surface area contributed by atoms with Crippen LogP contribution in [-0.2, 0) is 11.3 Å². The zero-order valence-corrected chi connectivity index (χ0v) is 24.6. The Hall–Kier alpha value is -6.60. The second-order valence-corrected chi connectivity index (χ2v) is 10.1. The number of aromatic nitrogens is 3. The van der Waals surface area contributed by atoms with Gasteiger partial charge in [-0.05, 0) is 77.9 Å². The van der Waals surface area contributed by atoms with E-state index < -0.39 is 5.97 Å². The van der Waals surface area contributed by atoms with Gasteiger partial charge in [0, 0.05) is 18.0 Å². The average Bonchev–Trinajstić information content (AvgIpc) is 3.42. The van der Waals surface area contributed by atoms with Crippen LogP contribution in [0.3, 0.4) is 0 Å². The minimum atomic E-state index is -1.29. The van der Waals surface area contributed by atoms with Crippen molar-refractivity contribution in [2.45, 2.75) is 6.54 Å². The van der Waals surface area contributed by atoms with Crippen LogP contribution in [0.2, 0.25) is 0 Å². The second-order valence-electron chi connectivity index (χ2n) is 10.1. The molecule has 4 aromatic carbocycles. The first-order valence-corrected chi connectivity index (χ1v) is 14.2. The SMILES string of the molecule is COc1ccc(Cn2nc(Nc3cccc(C=C(C#N)C(=O)O)c3)c3c(Oc4ccc(Oc5ccccc5)cc4)ccnc32)cc1. The number of pyridine rings is 1. The van der Waals surface area contributed by atoms with Gasteiger partial charge in [-0.15, -0.1) is 0 Å². The number of hydrogen-bond donors (Lipinski definition) is 2. The van der Waals surface area contributed by atoms with Gasteiger partial charge >= 0.3 is 5.97 Å². The van der Waals surface area contributed by atoms with Gasteiger partial charge in [-0.1, -0.05) is 42.5 Å². The molecular formula is C36H27N5O5. The summed E-state index contributed by atoms with van der Waals surface area (Å²) in [7, 11) is 1.62. The Bertz CT molecular complexity index is 2070. The minimum Gasteiger partial charge on any atom is -0.497 e. The highest BCUT2D eigenvalue weighted by molar-refractivity contribution is 5.97. The summed E-state index contributed by atoms with van der Waals surface area (Å²) in [5.41, 5.74) is 2.38. The van der Waals surface area contributed by atoms with Crippen molar-refractivity contribution in [1.82, 2.24) is 14.8 Å². The topological polar surface area (TPSA) is 132 Å². The van der Waals surface area contributed by atoms with Crippen molar-refractivity contribution in [1.29, 1.82) is 5.26 Å². The lowest BCUT2D eigenvalue weighted by atomic mass is 10.1. The van der Waals surface area contributed by atoms with Gasteiger partial charge in [0.15, 0.2) is 11.5 Å². The fourth-order valence-corrected chi connectivity index (χ4v) is 4.74. The molecule has 10 nitrogen and oxygen atoms in total. The van der Waals surface area contributed by atoms with Crippen LogP contribution in [0.15, 0.2) is 121 Å². The molecule has 0 saturated heterocycles. The molecule has 0 spiro atoms. The zero-order chi connectivity index (χ0) is 31.9. The molecule has 10 heteroatoms. The molecule has 0 atom stereocenters. The standard InChI is InChI=1S/C36H27N5O5/c1-44-28-12-10-24(11-13-28)23-41-35-33(34(40-41)39-27-7-5-6-25(21-27)20-26(22-37)36(42)43)32(18-19-38-35)46-31-16-14-30(15-17-31)45-29-8-3-2-4-9-29/h2-21H,23H2,1H3,(H,39,40)(H,42,43). The van der Waals surface area contributed by atoms with E-state index in [0.717, 1.165) is 17.1 Å². The first kappa shape index (κ1) is 29.5. The fraction of sp³-hybridized carbons (Fsp3) is 0.0556. The number of ether oxygens (including phenoxy) is 3. The number of methoxy groups -OCH3 is 1. The third kappa shape index (κ3) is 6.79. The van der Waals surface area contributed by atoms with E-state index in [4.69, 9.17) is 19.3 Å². The van der Waals surface area contributed by atoms with E-state index in [1.807, 2.05) is 84.9 Å². The number of carboxylic acid groups (broad SMARTS) is 1. The van der Waals surface area contributed by atoms with Gasteiger partial charge < -0.3 is 24.6 Å². The highest BCUT2D eigenvalue weighted by atomic mass is 16.5. The van der Waals surface area contributed by atoms with Gasteiger partial charge in [0.2, 0.25) is 0 Å². The number of carbonyl (C=O) groups is 1. The van der Waals surface area contributed by atoms with Crippen LogP contribution in [-0.4, -0.2) is 33.0 Å². The molecule has 0 aliphatic rings. The molecule has 0 aliphatic heterocycles. The quantitative estimate of drug-likeness (QED) is 0.111. The predicted molar refractivity (Wildman–Crippen MR) is 174 cm³/mol. The molecule has 2 aromatic heterocycles.